The maximum Gasteiger partial charge on any atom is 0.287 e. The monoisotopic (exact) mass is 414 g/mol. The first kappa shape index (κ1) is 17.0. The predicted octanol–water partition coefficient (Wildman–Crippen LogP) is 3.41. The molecule has 0 radical (unpaired) electrons. The Balaban J connectivity index is 1.90. The SMILES string of the molecule is CN(C)CCc1cn(S(=O)(=O)c2c(Cl)nc3sccn23)c2cscc12. The molecule has 10 heteroatoms. The Labute approximate surface area is 157 Å². The summed E-state index contributed by atoms with van der Waals surface area (Å²) in [5, 5.41) is 6.61. The van der Waals surface area contributed by atoms with Gasteiger partial charge in [0.05, 0.1) is 5.52 Å². The van der Waals surface area contributed by atoms with Gasteiger partial charge in [-0.2, -0.15) is 8.42 Å². The van der Waals surface area contributed by atoms with Gasteiger partial charge >= 0.3 is 0 Å². The number of nitrogens with zero attached hydrogens (tertiary/aromatic N) is 4. The summed E-state index contributed by atoms with van der Waals surface area (Å²) in [6.45, 7) is 0.844. The highest BCUT2D eigenvalue weighted by molar-refractivity contribution is 7.90. The van der Waals surface area contributed by atoms with E-state index in [2.05, 4.69) is 9.88 Å². The van der Waals surface area contributed by atoms with Gasteiger partial charge in [-0.05, 0) is 26.1 Å². The topological polar surface area (TPSA) is 59.6 Å². The molecule has 0 spiro atoms. The number of imidazole rings is 1. The molecule has 0 saturated heterocycles. The van der Waals surface area contributed by atoms with Crippen molar-refractivity contribution < 1.29 is 8.42 Å². The molecule has 0 aliphatic rings. The van der Waals surface area contributed by atoms with Gasteiger partial charge in [0.25, 0.3) is 10.0 Å². The van der Waals surface area contributed by atoms with E-state index in [1.54, 1.807) is 17.8 Å². The van der Waals surface area contributed by atoms with Gasteiger partial charge in [-0.3, -0.25) is 4.40 Å². The molecule has 6 nitrogen and oxygen atoms in total. The lowest BCUT2D eigenvalue weighted by molar-refractivity contribution is 0.414. The third-order valence-corrected chi connectivity index (χ3v) is 7.57. The molecule has 0 aromatic carbocycles. The average Bonchev–Trinajstić information content (AvgIpc) is 3.23. The maximum atomic E-state index is 13.3. The van der Waals surface area contributed by atoms with Crippen molar-refractivity contribution in [2.24, 2.45) is 0 Å². The van der Waals surface area contributed by atoms with Crippen LogP contribution in [0.4, 0.5) is 0 Å². The van der Waals surface area contributed by atoms with Crippen molar-refractivity contribution in [3.63, 3.8) is 0 Å². The van der Waals surface area contributed by atoms with E-state index in [1.807, 2.05) is 24.9 Å². The summed E-state index contributed by atoms with van der Waals surface area (Å²) in [5.74, 6) is 0. The average molecular weight is 415 g/mol. The van der Waals surface area contributed by atoms with Crippen LogP contribution in [0.3, 0.4) is 0 Å². The first-order valence-corrected chi connectivity index (χ1v) is 11.1. The lowest BCUT2D eigenvalue weighted by Gasteiger charge is -2.08. The molecule has 0 aliphatic heterocycles. The van der Waals surface area contributed by atoms with E-state index in [-0.39, 0.29) is 10.2 Å². The Morgan fingerprint density at radius 1 is 1.32 bits per heavy atom. The minimum atomic E-state index is -3.85. The first-order chi connectivity index (χ1) is 11.9. The Bertz CT molecular complexity index is 1170. The number of rotatable bonds is 5. The number of halogens is 1. The summed E-state index contributed by atoms with van der Waals surface area (Å²) in [7, 11) is 0.144. The van der Waals surface area contributed by atoms with Crippen LogP contribution >= 0.6 is 34.3 Å². The van der Waals surface area contributed by atoms with Crippen LogP contribution in [0.25, 0.3) is 15.9 Å². The van der Waals surface area contributed by atoms with E-state index in [4.69, 9.17) is 11.6 Å². The van der Waals surface area contributed by atoms with E-state index in [1.165, 1.54) is 31.0 Å². The van der Waals surface area contributed by atoms with Crippen molar-refractivity contribution in [3.8, 4) is 0 Å². The lowest BCUT2D eigenvalue weighted by atomic mass is 10.2. The van der Waals surface area contributed by atoms with Gasteiger partial charge in [-0.15, -0.1) is 22.7 Å². The number of thiophene rings is 1. The Hall–Kier alpha value is -1.39. The number of aromatic nitrogens is 3. The number of hydrogen-bond donors (Lipinski definition) is 0. The van der Waals surface area contributed by atoms with Crippen LogP contribution in [0.2, 0.25) is 5.15 Å². The fourth-order valence-corrected chi connectivity index (χ4v) is 6.50. The van der Waals surface area contributed by atoms with Crippen molar-refractivity contribution in [1.29, 1.82) is 0 Å². The van der Waals surface area contributed by atoms with E-state index in [9.17, 15) is 8.42 Å². The molecular weight excluding hydrogens is 400 g/mol. The second kappa shape index (κ2) is 6.10. The molecule has 0 fully saturated rings. The van der Waals surface area contributed by atoms with Gasteiger partial charge in [-0.1, -0.05) is 11.6 Å². The Kier molecular flexibility index (Phi) is 4.16. The second-order valence-electron chi connectivity index (χ2n) is 5.94. The second-order valence-corrected chi connectivity index (χ2v) is 9.65. The summed E-state index contributed by atoms with van der Waals surface area (Å²) < 4.78 is 29.5. The largest absolute Gasteiger partial charge is 0.309 e. The third kappa shape index (κ3) is 2.70. The molecule has 0 atom stereocenters. The van der Waals surface area contributed by atoms with Gasteiger partial charge in [-0.25, -0.2) is 8.96 Å². The maximum absolute atomic E-state index is 13.3. The zero-order chi connectivity index (χ0) is 17.8. The molecular formula is C15H15ClN4O2S3. The molecule has 25 heavy (non-hydrogen) atoms. The van der Waals surface area contributed by atoms with Crippen LogP contribution in [0.15, 0.2) is 33.6 Å². The minimum Gasteiger partial charge on any atom is -0.309 e. The molecule has 4 rings (SSSR count). The van der Waals surface area contributed by atoms with E-state index in [0.29, 0.717) is 10.5 Å². The summed E-state index contributed by atoms with van der Waals surface area (Å²) in [4.78, 5) is 6.79. The zero-order valence-corrected chi connectivity index (χ0v) is 16.7. The zero-order valence-electron chi connectivity index (χ0n) is 13.5. The van der Waals surface area contributed by atoms with Gasteiger partial charge in [0.15, 0.2) is 10.1 Å². The standard InChI is InChI=1S/C15H15ClN4O2S3/c1-18(2)4-3-10-7-20(12-9-23-8-11(10)12)25(21,22)14-13(16)17-15-19(14)5-6-24-15/h5-9H,3-4H2,1-2H3. The minimum absolute atomic E-state index is 0.00114. The van der Waals surface area contributed by atoms with Crippen molar-refractivity contribution >= 4 is 60.2 Å². The number of thiazole rings is 1. The fourth-order valence-electron chi connectivity index (χ4n) is 2.79. The lowest BCUT2D eigenvalue weighted by Crippen LogP contribution is -2.15. The molecule has 4 aromatic heterocycles. The van der Waals surface area contributed by atoms with Crippen molar-refractivity contribution in [2.45, 2.75) is 11.4 Å². The van der Waals surface area contributed by atoms with Crippen molar-refractivity contribution in [2.75, 3.05) is 20.6 Å². The Morgan fingerprint density at radius 3 is 2.88 bits per heavy atom. The van der Waals surface area contributed by atoms with Crippen molar-refractivity contribution in [1.82, 2.24) is 18.3 Å². The van der Waals surface area contributed by atoms with E-state index < -0.39 is 10.0 Å². The van der Waals surface area contributed by atoms with Gasteiger partial charge < -0.3 is 4.90 Å². The molecule has 0 N–H and O–H groups in total. The first-order valence-electron chi connectivity index (χ1n) is 7.47. The number of hydrogen-bond acceptors (Lipinski definition) is 6. The van der Waals surface area contributed by atoms with Crippen LogP contribution < -0.4 is 0 Å². The summed E-state index contributed by atoms with van der Waals surface area (Å²) in [5.41, 5.74) is 1.69. The van der Waals surface area contributed by atoms with E-state index in [0.717, 1.165) is 23.9 Å². The van der Waals surface area contributed by atoms with Gasteiger partial charge in [0, 0.05) is 40.5 Å². The van der Waals surface area contributed by atoms with Gasteiger partial charge in [0.1, 0.15) is 0 Å². The fraction of sp³-hybridized carbons (Fsp3) is 0.267. The van der Waals surface area contributed by atoms with E-state index >= 15 is 0 Å². The van der Waals surface area contributed by atoms with Gasteiger partial charge in [0.2, 0.25) is 5.03 Å². The predicted molar refractivity (Wildman–Crippen MR) is 103 cm³/mol. The summed E-state index contributed by atoms with van der Waals surface area (Å²) >= 11 is 8.99. The molecule has 0 bridgehead atoms. The highest BCUT2D eigenvalue weighted by Gasteiger charge is 2.29. The Morgan fingerprint density at radius 2 is 2.12 bits per heavy atom. The highest BCUT2D eigenvalue weighted by atomic mass is 35.5. The molecule has 0 aliphatic carbocycles. The van der Waals surface area contributed by atoms with Crippen molar-refractivity contribution in [3.05, 3.63) is 39.3 Å². The quantitative estimate of drug-likeness (QED) is 0.502. The highest BCUT2D eigenvalue weighted by Crippen LogP contribution is 2.32. The number of likely N-dealkylation sites (N-methyl/N-ethyl adjacent to an activating group) is 1. The summed E-state index contributed by atoms with van der Waals surface area (Å²) in [6, 6.07) is 0. The van der Waals surface area contributed by atoms with Crippen LogP contribution in [-0.4, -0.2) is 47.3 Å². The van der Waals surface area contributed by atoms with Crippen LogP contribution in [-0.2, 0) is 16.4 Å². The normalized spacial score (nSPS) is 12.8. The smallest absolute Gasteiger partial charge is 0.287 e. The molecule has 0 saturated carbocycles. The molecule has 0 unspecified atom stereocenters. The van der Waals surface area contributed by atoms with Crippen LogP contribution in [0, 0.1) is 0 Å². The molecule has 4 heterocycles. The molecule has 0 amide bonds. The van der Waals surface area contributed by atoms with Crippen LogP contribution in [0.5, 0.6) is 0 Å². The molecule has 4 aromatic rings. The molecule has 132 valence electrons. The summed E-state index contributed by atoms with van der Waals surface area (Å²) in [6.07, 6.45) is 4.15. The van der Waals surface area contributed by atoms with Crippen LogP contribution in [0.1, 0.15) is 5.56 Å². The number of fused-ring (bicyclic) bond motifs is 2. The third-order valence-electron chi connectivity index (χ3n) is 4.01.